The highest BCUT2D eigenvalue weighted by Crippen LogP contribution is 2.29. The van der Waals surface area contributed by atoms with E-state index in [0.29, 0.717) is 19.0 Å². The Hall–Kier alpha value is -1.67. The Kier molecular flexibility index (Phi) is 4.58. The summed E-state index contributed by atoms with van der Waals surface area (Å²) in [6, 6.07) is 4.02. The van der Waals surface area contributed by atoms with Crippen LogP contribution in [0.3, 0.4) is 0 Å². The number of likely N-dealkylation sites (tertiary alicyclic amines) is 1. The molecule has 5 heteroatoms. The van der Waals surface area contributed by atoms with E-state index in [1.54, 1.807) is 11.0 Å². The molecular formula is C17H21F2N3. The predicted molar refractivity (Wildman–Crippen MR) is 81.7 cm³/mol. The quantitative estimate of drug-likeness (QED) is 0.859. The van der Waals surface area contributed by atoms with E-state index in [4.69, 9.17) is 5.26 Å². The first-order valence-corrected chi connectivity index (χ1v) is 8.04. The van der Waals surface area contributed by atoms with E-state index in [-0.39, 0.29) is 11.3 Å². The summed E-state index contributed by atoms with van der Waals surface area (Å²) in [6.07, 6.45) is 4.52. The molecule has 2 aliphatic heterocycles. The van der Waals surface area contributed by atoms with Crippen LogP contribution in [0.1, 0.15) is 31.2 Å². The SMILES string of the molecule is N#Cc1cc(F)c(N2CCC(CN3CCCC3)CC2)c(F)c1. The lowest BCUT2D eigenvalue weighted by Gasteiger charge is -2.35. The fourth-order valence-electron chi connectivity index (χ4n) is 3.60. The van der Waals surface area contributed by atoms with Gasteiger partial charge in [-0.15, -0.1) is 0 Å². The summed E-state index contributed by atoms with van der Waals surface area (Å²) < 4.78 is 28.1. The normalized spacial score (nSPS) is 20.3. The van der Waals surface area contributed by atoms with Crippen LogP contribution in [-0.2, 0) is 0 Å². The first-order valence-electron chi connectivity index (χ1n) is 8.04. The summed E-state index contributed by atoms with van der Waals surface area (Å²) in [5.41, 5.74) is 0.0568. The predicted octanol–water partition coefficient (Wildman–Crippen LogP) is 3.15. The number of anilines is 1. The number of rotatable bonds is 3. The number of nitriles is 1. The van der Waals surface area contributed by atoms with Crippen molar-refractivity contribution in [3.8, 4) is 6.07 Å². The average Bonchev–Trinajstić information content (AvgIpc) is 3.01. The van der Waals surface area contributed by atoms with E-state index in [1.807, 2.05) is 0 Å². The number of piperidine rings is 1. The molecular weight excluding hydrogens is 284 g/mol. The third-order valence-electron chi connectivity index (χ3n) is 4.79. The van der Waals surface area contributed by atoms with Crippen LogP contribution in [0.4, 0.5) is 14.5 Å². The summed E-state index contributed by atoms with van der Waals surface area (Å²) >= 11 is 0. The number of benzene rings is 1. The molecule has 2 saturated heterocycles. The van der Waals surface area contributed by atoms with Crippen molar-refractivity contribution in [2.45, 2.75) is 25.7 Å². The molecule has 2 aliphatic rings. The van der Waals surface area contributed by atoms with Crippen LogP contribution in [0, 0.1) is 28.9 Å². The van der Waals surface area contributed by atoms with E-state index < -0.39 is 11.6 Å². The molecule has 0 unspecified atom stereocenters. The minimum absolute atomic E-state index is 0.0265. The van der Waals surface area contributed by atoms with Gasteiger partial charge in [0.25, 0.3) is 0 Å². The van der Waals surface area contributed by atoms with Gasteiger partial charge in [-0.2, -0.15) is 5.26 Å². The Balaban J connectivity index is 1.62. The van der Waals surface area contributed by atoms with Crippen LogP contribution in [0.5, 0.6) is 0 Å². The van der Waals surface area contributed by atoms with Crippen LogP contribution >= 0.6 is 0 Å². The second kappa shape index (κ2) is 6.62. The molecule has 0 aromatic heterocycles. The molecule has 0 aliphatic carbocycles. The minimum atomic E-state index is -0.630. The van der Waals surface area contributed by atoms with Gasteiger partial charge in [-0.05, 0) is 56.8 Å². The zero-order valence-corrected chi connectivity index (χ0v) is 12.7. The molecule has 118 valence electrons. The lowest BCUT2D eigenvalue weighted by Crippen LogP contribution is -2.38. The van der Waals surface area contributed by atoms with Gasteiger partial charge >= 0.3 is 0 Å². The maximum atomic E-state index is 14.1. The maximum Gasteiger partial charge on any atom is 0.150 e. The first kappa shape index (κ1) is 15.2. The lowest BCUT2D eigenvalue weighted by molar-refractivity contribution is 0.249. The molecule has 3 nitrogen and oxygen atoms in total. The Bertz CT molecular complexity index is 545. The molecule has 1 aromatic rings. The lowest BCUT2D eigenvalue weighted by atomic mass is 9.95. The summed E-state index contributed by atoms with van der Waals surface area (Å²) in [7, 11) is 0. The van der Waals surface area contributed by atoms with Gasteiger partial charge in [-0.3, -0.25) is 0 Å². The molecule has 22 heavy (non-hydrogen) atoms. The topological polar surface area (TPSA) is 30.3 Å². The maximum absolute atomic E-state index is 14.1. The Labute approximate surface area is 130 Å². The van der Waals surface area contributed by atoms with Gasteiger partial charge in [0.05, 0.1) is 11.6 Å². The van der Waals surface area contributed by atoms with Crippen molar-refractivity contribution in [2.75, 3.05) is 37.6 Å². The molecule has 0 spiro atoms. The molecule has 0 atom stereocenters. The van der Waals surface area contributed by atoms with Crippen LogP contribution in [0.25, 0.3) is 0 Å². The van der Waals surface area contributed by atoms with Crippen LogP contribution < -0.4 is 4.90 Å². The molecule has 2 fully saturated rings. The molecule has 0 N–H and O–H groups in total. The zero-order valence-electron chi connectivity index (χ0n) is 12.7. The molecule has 0 radical (unpaired) electrons. The van der Waals surface area contributed by atoms with E-state index in [9.17, 15) is 8.78 Å². The number of hydrogen-bond acceptors (Lipinski definition) is 3. The number of nitrogens with zero attached hydrogens (tertiary/aromatic N) is 3. The summed E-state index contributed by atoms with van der Waals surface area (Å²) in [6.45, 7) is 4.86. The van der Waals surface area contributed by atoms with E-state index in [2.05, 4.69) is 4.90 Å². The Morgan fingerprint density at radius 2 is 1.64 bits per heavy atom. The zero-order chi connectivity index (χ0) is 15.5. The van der Waals surface area contributed by atoms with Crippen molar-refractivity contribution < 1.29 is 8.78 Å². The third-order valence-corrected chi connectivity index (χ3v) is 4.79. The van der Waals surface area contributed by atoms with Crippen molar-refractivity contribution >= 4 is 5.69 Å². The second-order valence-corrected chi connectivity index (χ2v) is 6.34. The van der Waals surface area contributed by atoms with Crippen LogP contribution in [-0.4, -0.2) is 37.6 Å². The largest absolute Gasteiger partial charge is 0.367 e. The van der Waals surface area contributed by atoms with Gasteiger partial charge in [0.15, 0.2) is 11.6 Å². The van der Waals surface area contributed by atoms with Gasteiger partial charge in [-0.25, -0.2) is 8.78 Å². The van der Waals surface area contributed by atoms with Crippen LogP contribution in [0.2, 0.25) is 0 Å². The highest BCUT2D eigenvalue weighted by atomic mass is 19.1. The van der Waals surface area contributed by atoms with Crippen molar-refractivity contribution in [2.24, 2.45) is 5.92 Å². The number of hydrogen-bond donors (Lipinski definition) is 0. The second-order valence-electron chi connectivity index (χ2n) is 6.34. The Morgan fingerprint density at radius 3 is 2.18 bits per heavy atom. The third kappa shape index (κ3) is 3.22. The molecule has 1 aromatic carbocycles. The average molecular weight is 305 g/mol. The van der Waals surface area contributed by atoms with Crippen LogP contribution in [0.15, 0.2) is 12.1 Å². The van der Waals surface area contributed by atoms with Gasteiger partial charge in [0.1, 0.15) is 5.69 Å². The summed E-state index contributed by atoms with van der Waals surface area (Å²) in [5.74, 6) is -0.636. The van der Waals surface area contributed by atoms with E-state index in [1.165, 1.54) is 25.9 Å². The molecule has 0 saturated carbocycles. The Morgan fingerprint density at radius 1 is 1.05 bits per heavy atom. The summed E-state index contributed by atoms with van der Waals surface area (Å²) in [4.78, 5) is 4.29. The van der Waals surface area contributed by atoms with Crippen molar-refractivity contribution in [1.82, 2.24) is 4.90 Å². The van der Waals surface area contributed by atoms with Gasteiger partial charge < -0.3 is 9.80 Å². The highest BCUT2D eigenvalue weighted by Gasteiger charge is 2.26. The van der Waals surface area contributed by atoms with E-state index in [0.717, 1.165) is 31.5 Å². The van der Waals surface area contributed by atoms with Crippen molar-refractivity contribution in [1.29, 1.82) is 5.26 Å². The summed E-state index contributed by atoms with van der Waals surface area (Å²) in [5, 5.41) is 8.76. The molecule has 2 heterocycles. The van der Waals surface area contributed by atoms with Gasteiger partial charge in [-0.1, -0.05) is 0 Å². The first-order chi connectivity index (χ1) is 10.7. The minimum Gasteiger partial charge on any atom is -0.367 e. The standard InChI is InChI=1S/C17H21F2N3/c18-15-9-14(11-20)10-16(19)17(15)22-7-3-13(4-8-22)12-21-5-1-2-6-21/h9-10,13H,1-8,12H2. The highest BCUT2D eigenvalue weighted by molar-refractivity contribution is 5.52. The van der Waals surface area contributed by atoms with Gasteiger partial charge in [0, 0.05) is 19.6 Å². The van der Waals surface area contributed by atoms with Gasteiger partial charge in [0.2, 0.25) is 0 Å². The fraction of sp³-hybridized carbons (Fsp3) is 0.588. The molecule has 3 rings (SSSR count). The smallest absolute Gasteiger partial charge is 0.150 e. The van der Waals surface area contributed by atoms with E-state index >= 15 is 0 Å². The monoisotopic (exact) mass is 305 g/mol. The number of halogens is 2. The van der Waals surface area contributed by atoms with Crippen molar-refractivity contribution in [3.05, 3.63) is 29.3 Å². The fourth-order valence-corrected chi connectivity index (χ4v) is 3.60. The molecule has 0 bridgehead atoms. The van der Waals surface area contributed by atoms with Crippen molar-refractivity contribution in [3.63, 3.8) is 0 Å². The molecule has 0 amide bonds.